The van der Waals surface area contributed by atoms with E-state index in [1.807, 2.05) is 4.90 Å². The van der Waals surface area contributed by atoms with E-state index in [9.17, 15) is 4.79 Å². The lowest BCUT2D eigenvalue weighted by Crippen LogP contribution is -2.51. The molecule has 2 unspecified atom stereocenters. The fourth-order valence-corrected chi connectivity index (χ4v) is 3.45. The van der Waals surface area contributed by atoms with Crippen molar-refractivity contribution >= 4 is 29.7 Å². The summed E-state index contributed by atoms with van der Waals surface area (Å²) in [5.41, 5.74) is 7.09. The molecule has 1 amide bonds. The molecule has 1 aromatic heterocycles. The van der Waals surface area contributed by atoms with Gasteiger partial charge in [0, 0.05) is 25.6 Å². The SMILES string of the molecule is CC1CCCN(C(=O)CCc2ccsc2)C1CN.Cl. The lowest BCUT2D eigenvalue weighted by atomic mass is 9.90. The molecule has 1 aromatic rings. The number of aryl methyl sites for hydroxylation is 1. The smallest absolute Gasteiger partial charge is 0.223 e. The molecule has 1 saturated heterocycles. The van der Waals surface area contributed by atoms with Gasteiger partial charge >= 0.3 is 0 Å². The Labute approximate surface area is 125 Å². The van der Waals surface area contributed by atoms with Crippen molar-refractivity contribution in [2.75, 3.05) is 13.1 Å². The molecule has 2 N–H and O–H groups in total. The van der Waals surface area contributed by atoms with Crippen LogP contribution in [0.2, 0.25) is 0 Å². The summed E-state index contributed by atoms with van der Waals surface area (Å²) in [5.74, 6) is 0.803. The highest BCUT2D eigenvalue weighted by Crippen LogP contribution is 2.23. The molecule has 2 atom stereocenters. The van der Waals surface area contributed by atoms with Crippen molar-refractivity contribution in [2.45, 2.75) is 38.6 Å². The number of likely N-dealkylation sites (tertiary alicyclic amines) is 1. The fraction of sp³-hybridized carbons (Fsp3) is 0.643. The van der Waals surface area contributed by atoms with Crippen LogP contribution in [-0.4, -0.2) is 29.9 Å². The molecular weight excluding hydrogens is 280 g/mol. The highest BCUT2D eigenvalue weighted by molar-refractivity contribution is 7.07. The van der Waals surface area contributed by atoms with Crippen LogP contribution < -0.4 is 5.73 Å². The third kappa shape index (κ3) is 4.20. The van der Waals surface area contributed by atoms with Gasteiger partial charge in [0.2, 0.25) is 5.91 Å². The Morgan fingerprint density at radius 3 is 3.00 bits per heavy atom. The molecule has 0 radical (unpaired) electrons. The van der Waals surface area contributed by atoms with Gasteiger partial charge in [0.25, 0.3) is 0 Å². The van der Waals surface area contributed by atoms with Crippen molar-refractivity contribution < 1.29 is 4.79 Å². The van der Waals surface area contributed by atoms with Crippen molar-refractivity contribution in [3.05, 3.63) is 22.4 Å². The van der Waals surface area contributed by atoms with Crippen molar-refractivity contribution in [1.29, 1.82) is 0 Å². The van der Waals surface area contributed by atoms with Gasteiger partial charge in [-0.15, -0.1) is 12.4 Å². The van der Waals surface area contributed by atoms with Gasteiger partial charge in [0.05, 0.1) is 0 Å². The molecule has 0 spiro atoms. The molecule has 2 heterocycles. The first kappa shape index (κ1) is 16.5. The van der Waals surface area contributed by atoms with E-state index in [4.69, 9.17) is 5.73 Å². The molecule has 0 bridgehead atoms. The van der Waals surface area contributed by atoms with E-state index in [-0.39, 0.29) is 24.4 Å². The summed E-state index contributed by atoms with van der Waals surface area (Å²) >= 11 is 1.69. The molecule has 1 aliphatic rings. The third-order valence-corrected chi connectivity index (χ3v) is 4.62. The molecular formula is C14H23ClN2OS. The predicted octanol–water partition coefficient (Wildman–Crippen LogP) is 2.69. The molecule has 108 valence electrons. The first-order chi connectivity index (χ1) is 8.72. The second-order valence-electron chi connectivity index (χ2n) is 5.14. The Hall–Kier alpha value is -0.580. The van der Waals surface area contributed by atoms with Crippen LogP contribution in [0, 0.1) is 5.92 Å². The topological polar surface area (TPSA) is 46.3 Å². The molecule has 0 aliphatic carbocycles. The molecule has 5 heteroatoms. The number of amides is 1. The average molecular weight is 303 g/mol. The summed E-state index contributed by atoms with van der Waals surface area (Å²) in [5, 5.41) is 4.18. The van der Waals surface area contributed by atoms with Gasteiger partial charge in [0.1, 0.15) is 0 Å². The number of piperidine rings is 1. The highest BCUT2D eigenvalue weighted by Gasteiger charge is 2.30. The average Bonchev–Trinajstić information content (AvgIpc) is 2.88. The zero-order valence-electron chi connectivity index (χ0n) is 11.4. The van der Waals surface area contributed by atoms with Crippen molar-refractivity contribution in [3.63, 3.8) is 0 Å². The number of rotatable bonds is 4. The lowest BCUT2D eigenvalue weighted by Gasteiger charge is -2.39. The van der Waals surface area contributed by atoms with E-state index >= 15 is 0 Å². The molecule has 0 saturated carbocycles. The second-order valence-corrected chi connectivity index (χ2v) is 5.92. The number of hydrogen-bond donors (Lipinski definition) is 1. The largest absolute Gasteiger partial charge is 0.338 e. The van der Waals surface area contributed by atoms with Gasteiger partial charge < -0.3 is 10.6 Å². The van der Waals surface area contributed by atoms with E-state index in [0.29, 0.717) is 18.9 Å². The standard InChI is InChI=1S/C14H22N2OS.ClH/c1-11-3-2-7-16(13(11)9-15)14(17)5-4-12-6-8-18-10-12;/h6,8,10-11,13H,2-5,7,9,15H2,1H3;1H. The quantitative estimate of drug-likeness (QED) is 0.929. The maximum atomic E-state index is 12.3. The number of carbonyl (C=O) groups excluding carboxylic acids is 1. The van der Waals surface area contributed by atoms with Crippen LogP contribution in [0.1, 0.15) is 31.7 Å². The molecule has 0 aromatic carbocycles. The normalized spacial score (nSPS) is 22.9. The fourth-order valence-electron chi connectivity index (χ4n) is 2.75. The molecule has 1 aliphatic heterocycles. The molecule has 2 rings (SSSR count). The zero-order chi connectivity index (χ0) is 13.0. The molecule has 19 heavy (non-hydrogen) atoms. The Bertz CT molecular complexity index is 383. The Morgan fingerprint density at radius 1 is 1.58 bits per heavy atom. The van der Waals surface area contributed by atoms with E-state index in [0.717, 1.165) is 19.4 Å². The van der Waals surface area contributed by atoms with Crippen LogP contribution in [0.25, 0.3) is 0 Å². The van der Waals surface area contributed by atoms with Gasteiger partial charge in [0.15, 0.2) is 0 Å². The summed E-state index contributed by atoms with van der Waals surface area (Å²) in [6.07, 6.45) is 3.77. The Kier molecular flexibility index (Phi) is 6.83. The van der Waals surface area contributed by atoms with Crippen molar-refractivity contribution in [1.82, 2.24) is 4.90 Å². The van der Waals surface area contributed by atoms with Gasteiger partial charge in [-0.05, 0) is 47.6 Å². The van der Waals surface area contributed by atoms with Crippen molar-refractivity contribution in [2.24, 2.45) is 11.7 Å². The number of hydrogen-bond acceptors (Lipinski definition) is 3. The maximum absolute atomic E-state index is 12.3. The maximum Gasteiger partial charge on any atom is 0.223 e. The van der Waals surface area contributed by atoms with Gasteiger partial charge in [-0.25, -0.2) is 0 Å². The van der Waals surface area contributed by atoms with E-state index in [1.54, 1.807) is 11.3 Å². The van der Waals surface area contributed by atoms with Gasteiger partial charge in [-0.1, -0.05) is 6.92 Å². The van der Waals surface area contributed by atoms with Gasteiger partial charge in [-0.3, -0.25) is 4.79 Å². The van der Waals surface area contributed by atoms with Crippen LogP contribution >= 0.6 is 23.7 Å². The molecule has 1 fully saturated rings. The minimum atomic E-state index is 0. The van der Waals surface area contributed by atoms with Gasteiger partial charge in [-0.2, -0.15) is 11.3 Å². The first-order valence-corrected chi connectivity index (χ1v) is 7.67. The van der Waals surface area contributed by atoms with E-state index < -0.39 is 0 Å². The summed E-state index contributed by atoms with van der Waals surface area (Å²) in [6, 6.07) is 2.34. The minimum absolute atomic E-state index is 0. The number of halogens is 1. The summed E-state index contributed by atoms with van der Waals surface area (Å²) in [7, 11) is 0. The Morgan fingerprint density at radius 2 is 2.37 bits per heavy atom. The number of nitrogens with two attached hydrogens (primary N) is 1. The van der Waals surface area contributed by atoms with Crippen LogP contribution in [0.5, 0.6) is 0 Å². The summed E-state index contributed by atoms with van der Waals surface area (Å²) in [6.45, 7) is 3.68. The highest BCUT2D eigenvalue weighted by atomic mass is 35.5. The third-order valence-electron chi connectivity index (χ3n) is 3.89. The van der Waals surface area contributed by atoms with Crippen LogP contribution in [-0.2, 0) is 11.2 Å². The lowest BCUT2D eigenvalue weighted by molar-refractivity contribution is -0.136. The van der Waals surface area contributed by atoms with Crippen LogP contribution in [0.4, 0.5) is 0 Å². The first-order valence-electron chi connectivity index (χ1n) is 6.73. The van der Waals surface area contributed by atoms with Crippen LogP contribution in [0.15, 0.2) is 16.8 Å². The zero-order valence-corrected chi connectivity index (χ0v) is 13.0. The summed E-state index contributed by atoms with van der Waals surface area (Å²) in [4.78, 5) is 14.3. The number of thiophene rings is 1. The van der Waals surface area contributed by atoms with Crippen LogP contribution in [0.3, 0.4) is 0 Å². The van der Waals surface area contributed by atoms with E-state index in [1.165, 1.54) is 12.0 Å². The Balaban J connectivity index is 0.00000180. The summed E-state index contributed by atoms with van der Waals surface area (Å²) < 4.78 is 0. The van der Waals surface area contributed by atoms with E-state index in [2.05, 4.69) is 23.8 Å². The minimum Gasteiger partial charge on any atom is -0.338 e. The number of carbonyl (C=O) groups is 1. The molecule has 3 nitrogen and oxygen atoms in total. The number of nitrogens with zero attached hydrogens (tertiary/aromatic N) is 1. The predicted molar refractivity (Wildman–Crippen MR) is 82.8 cm³/mol. The monoisotopic (exact) mass is 302 g/mol. The van der Waals surface area contributed by atoms with Crippen molar-refractivity contribution in [3.8, 4) is 0 Å². The second kappa shape index (κ2) is 7.88.